The zero-order valence-corrected chi connectivity index (χ0v) is 16.0. The summed E-state index contributed by atoms with van der Waals surface area (Å²) >= 11 is 1.38. The largest absolute Gasteiger partial charge is 0.461 e. The lowest BCUT2D eigenvalue weighted by atomic mass is 10.0. The van der Waals surface area contributed by atoms with E-state index in [1.807, 2.05) is 0 Å². The highest BCUT2D eigenvalue weighted by Gasteiger charge is 2.21. The van der Waals surface area contributed by atoms with Crippen molar-refractivity contribution < 1.29 is 19.1 Å². The van der Waals surface area contributed by atoms with Crippen molar-refractivity contribution in [2.24, 2.45) is 5.92 Å². The summed E-state index contributed by atoms with van der Waals surface area (Å²) in [4.78, 5) is 30.4. The molecule has 1 aliphatic rings. The summed E-state index contributed by atoms with van der Waals surface area (Å²) in [5, 5.41) is 2.43. The maximum Gasteiger partial charge on any atom is 0.357 e. The molecule has 1 amide bonds. The summed E-state index contributed by atoms with van der Waals surface area (Å²) in [6.45, 7) is 3.53. The Morgan fingerprint density at radius 2 is 2.12 bits per heavy atom. The number of methoxy groups -OCH3 is 1. The number of ether oxygens (including phenoxy) is 2. The van der Waals surface area contributed by atoms with Crippen LogP contribution in [0.3, 0.4) is 0 Å². The summed E-state index contributed by atoms with van der Waals surface area (Å²) in [5.74, 6) is 0.418. The van der Waals surface area contributed by atoms with Crippen LogP contribution < -0.4 is 0 Å². The number of carbonyl (C=O) groups excluding carboxylic acids is 2. The zero-order chi connectivity index (χ0) is 18.1. The molecule has 140 valence electrons. The van der Waals surface area contributed by atoms with Crippen LogP contribution in [0.25, 0.3) is 0 Å². The molecule has 1 heterocycles. The third kappa shape index (κ3) is 6.40. The second-order valence-corrected chi connectivity index (χ2v) is 7.29. The Morgan fingerprint density at radius 3 is 2.80 bits per heavy atom. The summed E-state index contributed by atoms with van der Waals surface area (Å²) in [6.07, 6.45) is 6.63. The van der Waals surface area contributed by atoms with Gasteiger partial charge in [0.1, 0.15) is 5.01 Å². The van der Waals surface area contributed by atoms with E-state index in [2.05, 4.69) is 4.98 Å². The van der Waals surface area contributed by atoms with E-state index in [1.165, 1.54) is 37.0 Å². The normalized spacial score (nSPS) is 14.6. The zero-order valence-electron chi connectivity index (χ0n) is 15.2. The van der Waals surface area contributed by atoms with E-state index in [0.29, 0.717) is 44.3 Å². The van der Waals surface area contributed by atoms with Crippen molar-refractivity contribution in [1.82, 2.24) is 9.88 Å². The van der Waals surface area contributed by atoms with Crippen LogP contribution in [-0.2, 0) is 20.8 Å². The third-order valence-electron chi connectivity index (χ3n) is 4.52. The van der Waals surface area contributed by atoms with Crippen molar-refractivity contribution in [2.75, 3.05) is 26.9 Å². The Bertz CT molecular complexity index is 555. The van der Waals surface area contributed by atoms with Gasteiger partial charge in [0, 0.05) is 25.5 Å². The minimum atomic E-state index is -0.416. The molecule has 0 atom stereocenters. The predicted molar refractivity (Wildman–Crippen MR) is 96.6 cm³/mol. The molecule has 0 N–H and O–H groups in total. The average molecular weight is 368 g/mol. The van der Waals surface area contributed by atoms with Crippen molar-refractivity contribution in [3.8, 4) is 0 Å². The van der Waals surface area contributed by atoms with Gasteiger partial charge in [0.25, 0.3) is 0 Å². The van der Waals surface area contributed by atoms with Gasteiger partial charge in [0.15, 0.2) is 5.69 Å². The first-order valence-corrected chi connectivity index (χ1v) is 9.90. The van der Waals surface area contributed by atoms with E-state index < -0.39 is 5.97 Å². The van der Waals surface area contributed by atoms with Crippen LogP contribution >= 0.6 is 11.3 Å². The van der Waals surface area contributed by atoms with E-state index >= 15 is 0 Å². The molecule has 0 bridgehead atoms. The fourth-order valence-corrected chi connectivity index (χ4v) is 3.90. The summed E-state index contributed by atoms with van der Waals surface area (Å²) in [5.41, 5.74) is 0.312. The van der Waals surface area contributed by atoms with Crippen LogP contribution in [-0.4, -0.2) is 48.6 Å². The molecule has 1 aromatic rings. The maximum atomic E-state index is 12.6. The Morgan fingerprint density at radius 1 is 1.36 bits per heavy atom. The lowest BCUT2D eigenvalue weighted by Crippen LogP contribution is -2.33. The van der Waals surface area contributed by atoms with Gasteiger partial charge in [0.2, 0.25) is 5.91 Å². The molecule has 0 saturated heterocycles. The third-order valence-corrected chi connectivity index (χ3v) is 5.36. The molecule has 1 aliphatic carbocycles. The molecule has 0 radical (unpaired) electrons. The van der Waals surface area contributed by atoms with Crippen LogP contribution in [0.5, 0.6) is 0 Å². The Balaban J connectivity index is 1.91. The number of rotatable bonds is 10. The number of esters is 1. The van der Waals surface area contributed by atoms with Gasteiger partial charge in [-0.05, 0) is 19.3 Å². The monoisotopic (exact) mass is 368 g/mol. The summed E-state index contributed by atoms with van der Waals surface area (Å²) in [7, 11) is 1.63. The molecule has 6 nitrogen and oxygen atoms in total. The van der Waals surface area contributed by atoms with Gasteiger partial charge >= 0.3 is 5.97 Å². The molecule has 1 saturated carbocycles. The smallest absolute Gasteiger partial charge is 0.357 e. The predicted octanol–water partition coefficient (Wildman–Crippen LogP) is 3.27. The molecular weight excluding hydrogens is 340 g/mol. The maximum absolute atomic E-state index is 12.6. The van der Waals surface area contributed by atoms with Crippen LogP contribution in [0.4, 0.5) is 0 Å². The Hall–Kier alpha value is -1.47. The lowest BCUT2D eigenvalue weighted by Gasteiger charge is -2.22. The van der Waals surface area contributed by atoms with Gasteiger partial charge in [-0.25, -0.2) is 9.78 Å². The van der Waals surface area contributed by atoms with Gasteiger partial charge in [-0.1, -0.05) is 25.7 Å². The molecule has 0 aliphatic heterocycles. The van der Waals surface area contributed by atoms with Gasteiger partial charge in [-0.2, -0.15) is 0 Å². The molecule has 7 heteroatoms. The van der Waals surface area contributed by atoms with Crippen molar-refractivity contribution in [3.63, 3.8) is 0 Å². The van der Waals surface area contributed by atoms with Gasteiger partial charge in [0.05, 0.1) is 19.8 Å². The Labute approximate surface area is 153 Å². The number of aromatic nitrogens is 1. The first kappa shape index (κ1) is 19.8. The highest BCUT2D eigenvalue weighted by molar-refractivity contribution is 7.09. The van der Waals surface area contributed by atoms with Crippen molar-refractivity contribution in [3.05, 3.63) is 16.1 Å². The molecular formula is C18H28N2O4S. The number of hydrogen-bond donors (Lipinski definition) is 0. The SMILES string of the molecule is CCOC(=O)c1csc(CN(CCOC)C(=O)CCC2CCCC2)n1. The topological polar surface area (TPSA) is 68.7 Å². The Kier molecular flexibility index (Phi) is 8.34. The second kappa shape index (κ2) is 10.5. The summed E-state index contributed by atoms with van der Waals surface area (Å²) in [6, 6.07) is 0. The number of amides is 1. The molecule has 0 spiro atoms. The van der Waals surface area contributed by atoms with E-state index in [9.17, 15) is 9.59 Å². The standard InChI is InChI=1S/C18H28N2O4S/c1-3-24-18(22)15-13-25-16(19-15)12-20(10-11-23-2)17(21)9-8-14-6-4-5-7-14/h13-14H,3-12H2,1-2H3. The van der Waals surface area contributed by atoms with Gasteiger partial charge in [-0.15, -0.1) is 11.3 Å². The van der Waals surface area contributed by atoms with Crippen LogP contribution in [0.15, 0.2) is 5.38 Å². The quantitative estimate of drug-likeness (QED) is 0.593. The number of nitrogens with zero attached hydrogens (tertiary/aromatic N) is 2. The number of thiazole rings is 1. The van der Waals surface area contributed by atoms with Crippen molar-refractivity contribution in [2.45, 2.75) is 52.0 Å². The molecule has 25 heavy (non-hydrogen) atoms. The van der Waals surface area contributed by atoms with E-state index in [4.69, 9.17) is 9.47 Å². The highest BCUT2D eigenvalue weighted by atomic mass is 32.1. The van der Waals surface area contributed by atoms with Crippen LogP contribution in [0.2, 0.25) is 0 Å². The first-order chi connectivity index (χ1) is 12.1. The average Bonchev–Trinajstić information content (AvgIpc) is 3.28. The molecule has 0 unspecified atom stereocenters. The van der Waals surface area contributed by atoms with E-state index in [1.54, 1.807) is 24.3 Å². The molecule has 1 fully saturated rings. The van der Waals surface area contributed by atoms with E-state index in [0.717, 1.165) is 11.4 Å². The van der Waals surface area contributed by atoms with Crippen molar-refractivity contribution in [1.29, 1.82) is 0 Å². The van der Waals surface area contributed by atoms with Gasteiger partial charge < -0.3 is 14.4 Å². The number of carbonyl (C=O) groups is 2. The van der Waals surface area contributed by atoms with E-state index in [-0.39, 0.29) is 5.91 Å². The molecule has 2 rings (SSSR count). The summed E-state index contributed by atoms with van der Waals surface area (Å²) < 4.78 is 10.1. The van der Waals surface area contributed by atoms with Gasteiger partial charge in [-0.3, -0.25) is 4.79 Å². The molecule has 1 aromatic heterocycles. The first-order valence-electron chi connectivity index (χ1n) is 9.02. The van der Waals surface area contributed by atoms with Crippen LogP contribution in [0.1, 0.15) is 60.9 Å². The molecule has 0 aromatic carbocycles. The highest BCUT2D eigenvalue weighted by Crippen LogP contribution is 2.28. The van der Waals surface area contributed by atoms with Crippen LogP contribution in [0, 0.1) is 5.92 Å². The second-order valence-electron chi connectivity index (χ2n) is 6.34. The fraction of sp³-hybridized carbons (Fsp3) is 0.722. The lowest BCUT2D eigenvalue weighted by molar-refractivity contribution is -0.132. The minimum absolute atomic E-state index is 0.136. The van der Waals surface area contributed by atoms with Crippen molar-refractivity contribution >= 4 is 23.2 Å². The number of hydrogen-bond acceptors (Lipinski definition) is 6. The fourth-order valence-electron chi connectivity index (χ4n) is 3.12. The minimum Gasteiger partial charge on any atom is -0.461 e.